The number of carbonyl (C=O) groups excluding carboxylic acids is 2. The molecule has 6 nitrogen and oxygen atoms in total. The lowest BCUT2D eigenvalue weighted by Gasteiger charge is -2.23. The first-order valence-electron chi connectivity index (χ1n) is 10.3. The number of carbonyl (C=O) groups is 2. The lowest BCUT2D eigenvalue weighted by Crippen LogP contribution is -2.34. The summed E-state index contributed by atoms with van der Waals surface area (Å²) in [7, 11) is 3.08. The molecule has 33 heavy (non-hydrogen) atoms. The molecular formula is C24H24Cl3NO5. The summed E-state index contributed by atoms with van der Waals surface area (Å²) in [6.07, 6.45) is 4.26. The van der Waals surface area contributed by atoms with E-state index in [-0.39, 0.29) is 40.1 Å². The lowest BCUT2D eigenvalue weighted by molar-refractivity contribution is -0.146. The van der Waals surface area contributed by atoms with Crippen LogP contribution in [0.2, 0.25) is 15.1 Å². The summed E-state index contributed by atoms with van der Waals surface area (Å²) in [6, 6.07) is 7.95. The summed E-state index contributed by atoms with van der Waals surface area (Å²) in [5.41, 5.74) is 0.887. The van der Waals surface area contributed by atoms with Crippen molar-refractivity contribution in [2.45, 2.75) is 25.3 Å². The number of rotatable bonds is 8. The number of ether oxygens (including phenoxy) is 3. The Morgan fingerprint density at radius 3 is 2.30 bits per heavy atom. The minimum atomic E-state index is -0.578. The Morgan fingerprint density at radius 2 is 1.70 bits per heavy atom. The van der Waals surface area contributed by atoms with Gasteiger partial charge < -0.3 is 19.5 Å². The lowest BCUT2D eigenvalue weighted by atomic mass is 9.85. The average Bonchev–Trinajstić information content (AvgIpc) is 3.20. The van der Waals surface area contributed by atoms with Crippen molar-refractivity contribution in [2.24, 2.45) is 5.92 Å². The van der Waals surface area contributed by atoms with Gasteiger partial charge in [0.15, 0.2) is 11.5 Å². The number of hydrogen-bond acceptors (Lipinski definition) is 5. The fraction of sp³-hybridized carbons (Fsp3) is 0.333. The first kappa shape index (κ1) is 25.2. The Bertz CT molecular complexity index is 1050. The third-order valence-electron chi connectivity index (χ3n) is 5.40. The fourth-order valence-corrected chi connectivity index (χ4v) is 4.91. The molecule has 1 aliphatic rings. The molecule has 0 radical (unpaired) electrons. The standard InChI is InChI=1S/C24H24Cl3NO5/c1-4-33-24(30)21(14-6-8-19(31-2)20(10-14)32-3)13-5-7-16(9-13)28-23(29)22-17(26)11-15(25)12-18(22)27/h5-8,10-13,16,21H,4,9H2,1-3H3,(H,28,29)/t13-,16+,21+/m1/s1. The molecule has 0 aromatic heterocycles. The SMILES string of the molecule is CCOC(=O)[C@H](c1ccc(OC)c(OC)c1)[C@@H]1C=C[C@H](NC(=O)c2c(Cl)cc(Cl)cc2Cl)C1. The van der Waals surface area contributed by atoms with Crippen molar-refractivity contribution in [3.8, 4) is 11.5 Å². The maximum atomic E-state index is 12.9. The molecule has 0 saturated heterocycles. The van der Waals surface area contributed by atoms with Crippen LogP contribution in [-0.2, 0) is 9.53 Å². The van der Waals surface area contributed by atoms with Gasteiger partial charge >= 0.3 is 5.97 Å². The van der Waals surface area contributed by atoms with Crippen LogP contribution in [0, 0.1) is 5.92 Å². The average molecular weight is 513 g/mol. The number of methoxy groups -OCH3 is 2. The third-order valence-corrected chi connectivity index (χ3v) is 6.22. The van der Waals surface area contributed by atoms with Crippen molar-refractivity contribution in [2.75, 3.05) is 20.8 Å². The summed E-state index contributed by atoms with van der Waals surface area (Å²) >= 11 is 18.3. The molecule has 3 rings (SSSR count). The van der Waals surface area contributed by atoms with E-state index >= 15 is 0 Å². The first-order chi connectivity index (χ1) is 15.8. The van der Waals surface area contributed by atoms with Crippen molar-refractivity contribution >= 4 is 46.7 Å². The summed E-state index contributed by atoms with van der Waals surface area (Å²) in [4.78, 5) is 25.7. The Kier molecular flexibility index (Phi) is 8.51. The van der Waals surface area contributed by atoms with Crippen LogP contribution in [0.1, 0.15) is 35.2 Å². The fourth-order valence-electron chi connectivity index (χ4n) is 3.92. The molecule has 3 atom stereocenters. The smallest absolute Gasteiger partial charge is 0.314 e. The maximum absolute atomic E-state index is 12.9. The molecule has 0 spiro atoms. The van der Waals surface area contributed by atoms with E-state index in [1.165, 1.54) is 19.2 Å². The number of halogens is 3. The Morgan fingerprint density at radius 1 is 1.03 bits per heavy atom. The predicted molar refractivity (Wildman–Crippen MR) is 129 cm³/mol. The minimum Gasteiger partial charge on any atom is -0.493 e. The highest BCUT2D eigenvalue weighted by molar-refractivity contribution is 6.42. The van der Waals surface area contributed by atoms with Gasteiger partial charge in [0.2, 0.25) is 0 Å². The van der Waals surface area contributed by atoms with Gasteiger partial charge in [-0.1, -0.05) is 53.0 Å². The summed E-state index contributed by atoms with van der Waals surface area (Å²) in [5, 5.41) is 3.58. The third kappa shape index (κ3) is 5.75. The first-order valence-corrected chi connectivity index (χ1v) is 11.4. The van der Waals surface area contributed by atoms with Gasteiger partial charge in [-0.05, 0) is 49.1 Å². The normalized spacial score (nSPS) is 18.0. The second-order valence-electron chi connectivity index (χ2n) is 7.45. The molecule has 0 heterocycles. The summed E-state index contributed by atoms with van der Waals surface area (Å²) < 4.78 is 16.0. The monoisotopic (exact) mass is 511 g/mol. The zero-order valence-corrected chi connectivity index (χ0v) is 20.6. The van der Waals surface area contributed by atoms with E-state index in [2.05, 4.69) is 5.32 Å². The molecule has 0 aliphatic heterocycles. The van der Waals surface area contributed by atoms with Crippen molar-refractivity contribution in [1.29, 1.82) is 0 Å². The van der Waals surface area contributed by atoms with Gasteiger partial charge in [-0.2, -0.15) is 0 Å². The number of allylic oxidation sites excluding steroid dienone is 1. The molecule has 176 valence electrons. The van der Waals surface area contributed by atoms with Crippen molar-refractivity contribution in [3.05, 3.63) is 68.7 Å². The van der Waals surface area contributed by atoms with Crippen LogP contribution < -0.4 is 14.8 Å². The van der Waals surface area contributed by atoms with Gasteiger partial charge in [-0.25, -0.2) is 0 Å². The van der Waals surface area contributed by atoms with E-state index in [0.29, 0.717) is 22.9 Å². The number of nitrogens with one attached hydrogen (secondary N) is 1. The molecule has 2 aromatic carbocycles. The highest BCUT2D eigenvalue weighted by Crippen LogP contribution is 2.38. The summed E-state index contributed by atoms with van der Waals surface area (Å²) in [6.45, 7) is 2.02. The van der Waals surface area contributed by atoms with E-state index in [1.54, 1.807) is 26.2 Å². The van der Waals surface area contributed by atoms with Crippen LogP contribution >= 0.6 is 34.8 Å². The molecule has 0 bridgehead atoms. The predicted octanol–water partition coefficient (Wildman–Crippen LogP) is 5.69. The number of benzene rings is 2. The zero-order valence-electron chi connectivity index (χ0n) is 18.4. The highest BCUT2D eigenvalue weighted by Gasteiger charge is 2.35. The number of esters is 1. The van der Waals surface area contributed by atoms with Gasteiger partial charge in [0.1, 0.15) is 0 Å². The molecule has 1 N–H and O–H groups in total. The second-order valence-corrected chi connectivity index (χ2v) is 8.70. The Hall–Kier alpha value is -2.41. The van der Waals surface area contributed by atoms with Crippen LogP contribution in [0.3, 0.4) is 0 Å². The molecule has 1 amide bonds. The van der Waals surface area contributed by atoms with Crippen LogP contribution in [0.25, 0.3) is 0 Å². The van der Waals surface area contributed by atoms with E-state index in [1.807, 2.05) is 18.2 Å². The second kappa shape index (κ2) is 11.1. The molecule has 9 heteroatoms. The van der Waals surface area contributed by atoms with Gasteiger partial charge in [0, 0.05) is 11.1 Å². The highest BCUT2D eigenvalue weighted by atomic mass is 35.5. The molecule has 0 unspecified atom stereocenters. The topological polar surface area (TPSA) is 73.9 Å². The van der Waals surface area contributed by atoms with Crippen molar-refractivity contribution < 1.29 is 23.8 Å². The Balaban J connectivity index is 1.81. The molecule has 0 saturated carbocycles. The molecular weight excluding hydrogens is 489 g/mol. The van der Waals surface area contributed by atoms with Gasteiger partial charge in [0.05, 0.1) is 42.4 Å². The van der Waals surface area contributed by atoms with Crippen LogP contribution in [0.5, 0.6) is 11.5 Å². The maximum Gasteiger partial charge on any atom is 0.314 e. The van der Waals surface area contributed by atoms with Gasteiger partial charge in [-0.15, -0.1) is 0 Å². The van der Waals surface area contributed by atoms with E-state index in [4.69, 9.17) is 49.0 Å². The van der Waals surface area contributed by atoms with E-state index in [0.717, 1.165) is 5.56 Å². The largest absolute Gasteiger partial charge is 0.493 e. The van der Waals surface area contributed by atoms with Crippen molar-refractivity contribution in [1.82, 2.24) is 5.32 Å². The quantitative estimate of drug-likeness (QED) is 0.363. The van der Waals surface area contributed by atoms with Crippen LogP contribution in [0.15, 0.2) is 42.5 Å². The van der Waals surface area contributed by atoms with Gasteiger partial charge in [-0.3, -0.25) is 9.59 Å². The molecule has 2 aromatic rings. The Labute approximate surface area is 207 Å². The van der Waals surface area contributed by atoms with Crippen LogP contribution in [0.4, 0.5) is 0 Å². The van der Waals surface area contributed by atoms with E-state index in [9.17, 15) is 9.59 Å². The summed E-state index contributed by atoms with van der Waals surface area (Å²) in [5.74, 6) is -0.476. The van der Waals surface area contributed by atoms with Crippen molar-refractivity contribution in [3.63, 3.8) is 0 Å². The molecule has 1 aliphatic carbocycles. The van der Waals surface area contributed by atoms with E-state index < -0.39 is 11.8 Å². The number of hydrogen-bond donors (Lipinski definition) is 1. The number of amides is 1. The molecule has 0 fully saturated rings. The van der Waals surface area contributed by atoms with Gasteiger partial charge in [0.25, 0.3) is 5.91 Å². The minimum absolute atomic E-state index is 0.154. The van der Waals surface area contributed by atoms with Crippen LogP contribution in [-0.4, -0.2) is 38.7 Å². The zero-order chi connectivity index (χ0) is 24.1.